The van der Waals surface area contributed by atoms with E-state index in [2.05, 4.69) is 27.4 Å². The molecule has 0 saturated carbocycles. The third-order valence-electron chi connectivity index (χ3n) is 3.20. The van der Waals surface area contributed by atoms with Gasteiger partial charge in [-0.3, -0.25) is 4.79 Å². The third-order valence-corrected chi connectivity index (χ3v) is 4.91. The summed E-state index contributed by atoms with van der Waals surface area (Å²) in [5.74, 6) is 0.110. The van der Waals surface area contributed by atoms with E-state index in [0.717, 1.165) is 29.5 Å². The number of rotatable bonds is 1. The number of amides is 1. The van der Waals surface area contributed by atoms with E-state index in [-0.39, 0.29) is 5.91 Å². The zero-order chi connectivity index (χ0) is 12.5. The van der Waals surface area contributed by atoms with E-state index in [1.807, 2.05) is 29.2 Å². The number of carbonyl (C=O) groups excluding carboxylic acids is 1. The van der Waals surface area contributed by atoms with Crippen LogP contribution in [-0.4, -0.2) is 17.4 Å². The Morgan fingerprint density at radius 2 is 2.11 bits per heavy atom. The topological polar surface area (TPSA) is 20.3 Å². The molecule has 0 unspecified atom stereocenters. The predicted molar refractivity (Wildman–Crippen MR) is 76.9 cm³/mol. The number of thiophene rings is 1. The second kappa shape index (κ2) is 4.86. The minimum atomic E-state index is 0.110. The Bertz CT molecular complexity index is 593. The standard InChI is InChI=1S/C14H12BrNOS/c15-12-4-2-1-3-11(12)14(17)16-7-5-13-10(9-16)6-8-18-13/h1-4,6,8H,5,7,9H2. The van der Waals surface area contributed by atoms with Crippen LogP contribution in [0.5, 0.6) is 0 Å². The molecule has 4 heteroatoms. The van der Waals surface area contributed by atoms with Crippen molar-refractivity contribution < 1.29 is 4.79 Å². The van der Waals surface area contributed by atoms with E-state index in [0.29, 0.717) is 0 Å². The first-order valence-electron chi connectivity index (χ1n) is 5.85. The molecule has 0 fully saturated rings. The fraction of sp³-hybridized carbons (Fsp3) is 0.214. The maximum absolute atomic E-state index is 12.5. The molecule has 1 aliphatic heterocycles. The van der Waals surface area contributed by atoms with Gasteiger partial charge in [-0.15, -0.1) is 11.3 Å². The first-order chi connectivity index (χ1) is 8.75. The molecule has 1 amide bonds. The van der Waals surface area contributed by atoms with Crippen molar-refractivity contribution >= 4 is 33.2 Å². The molecule has 2 nitrogen and oxygen atoms in total. The van der Waals surface area contributed by atoms with Crippen LogP contribution in [0.1, 0.15) is 20.8 Å². The summed E-state index contributed by atoms with van der Waals surface area (Å²) in [6.07, 6.45) is 0.975. The highest BCUT2D eigenvalue weighted by molar-refractivity contribution is 9.10. The zero-order valence-corrected chi connectivity index (χ0v) is 12.1. The SMILES string of the molecule is O=C(c1ccccc1Br)N1CCc2sccc2C1. The Morgan fingerprint density at radius 3 is 2.94 bits per heavy atom. The summed E-state index contributed by atoms with van der Waals surface area (Å²) in [5.41, 5.74) is 2.04. The number of nitrogens with zero attached hydrogens (tertiary/aromatic N) is 1. The Kier molecular flexibility index (Phi) is 3.22. The van der Waals surface area contributed by atoms with E-state index < -0.39 is 0 Å². The molecule has 0 bridgehead atoms. The summed E-state index contributed by atoms with van der Waals surface area (Å²) in [7, 11) is 0. The van der Waals surface area contributed by atoms with Crippen molar-refractivity contribution in [2.45, 2.75) is 13.0 Å². The number of fused-ring (bicyclic) bond motifs is 1. The number of hydrogen-bond acceptors (Lipinski definition) is 2. The van der Waals surface area contributed by atoms with E-state index >= 15 is 0 Å². The lowest BCUT2D eigenvalue weighted by atomic mass is 10.1. The third kappa shape index (κ3) is 2.10. The molecule has 1 aromatic heterocycles. The first kappa shape index (κ1) is 11.9. The maximum atomic E-state index is 12.5. The summed E-state index contributed by atoms with van der Waals surface area (Å²) < 4.78 is 0.867. The Balaban J connectivity index is 1.85. The largest absolute Gasteiger partial charge is 0.334 e. The van der Waals surface area contributed by atoms with Crippen molar-refractivity contribution in [1.82, 2.24) is 4.90 Å². The minimum Gasteiger partial charge on any atom is -0.334 e. The molecule has 0 atom stereocenters. The van der Waals surface area contributed by atoms with Gasteiger partial charge in [0.05, 0.1) is 5.56 Å². The smallest absolute Gasteiger partial charge is 0.255 e. The molecule has 92 valence electrons. The molecule has 2 heterocycles. The van der Waals surface area contributed by atoms with Crippen molar-refractivity contribution in [2.75, 3.05) is 6.54 Å². The second-order valence-electron chi connectivity index (χ2n) is 4.33. The average Bonchev–Trinajstić information content (AvgIpc) is 2.85. The highest BCUT2D eigenvalue weighted by Crippen LogP contribution is 2.26. The molecular weight excluding hydrogens is 310 g/mol. The van der Waals surface area contributed by atoms with E-state index in [1.54, 1.807) is 11.3 Å². The van der Waals surface area contributed by atoms with Gasteiger partial charge in [0.25, 0.3) is 5.91 Å². The Hall–Kier alpha value is -1.13. The van der Waals surface area contributed by atoms with Crippen molar-refractivity contribution in [3.05, 3.63) is 56.2 Å². The van der Waals surface area contributed by atoms with Crippen molar-refractivity contribution in [2.24, 2.45) is 0 Å². The molecule has 0 spiro atoms. The van der Waals surface area contributed by atoms with Crippen molar-refractivity contribution in [3.63, 3.8) is 0 Å². The average molecular weight is 322 g/mol. The van der Waals surface area contributed by atoms with Crippen LogP contribution in [0.4, 0.5) is 0 Å². The lowest BCUT2D eigenvalue weighted by molar-refractivity contribution is 0.0735. The summed E-state index contributed by atoms with van der Waals surface area (Å²) in [5, 5.41) is 2.11. The van der Waals surface area contributed by atoms with Gasteiger partial charge in [-0.25, -0.2) is 0 Å². The van der Waals surface area contributed by atoms with Gasteiger partial charge in [0.1, 0.15) is 0 Å². The quantitative estimate of drug-likeness (QED) is 0.784. The molecular formula is C14H12BrNOS. The molecule has 18 heavy (non-hydrogen) atoms. The van der Waals surface area contributed by atoms with Crippen LogP contribution in [-0.2, 0) is 13.0 Å². The number of halogens is 1. The molecule has 0 saturated heterocycles. The molecule has 2 aromatic rings. The minimum absolute atomic E-state index is 0.110. The van der Waals surface area contributed by atoms with E-state index in [9.17, 15) is 4.79 Å². The number of carbonyl (C=O) groups is 1. The fourth-order valence-corrected chi connectivity index (χ4v) is 3.57. The van der Waals surface area contributed by atoms with Gasteiger partial charge in [-0.1, -0.05) is 12.1 Å². The van der Waals surface area contributed by atoms with E-state index in [4.69, 9.17) is 0 Å². The second-order valence-corrected chi connectivity index (χ2v) is 6.18. The van der Waals surface area contributed by atoms with Gasteiger partial charge in [0.15, 0.2) is 0 Å². The van der Waals surface area contributed by atoms with Crippen LogP contribution in [0.15, 0.2) is 40.2 Å². The predicted octanol–water partition coefficient (Wildman–Crippen LogP) is 3.71. The lowest BCUT2D eigenvalue weighted by Crippen LogP contribution is -2.35. The summed E-state index contributed by atoms with van der Waals surface area (Å²) in [6.45, 7) is 1.55. The van der Waals surface area contributed by atoms with Crippen LogP contribution < -0.4 is 0 Å². The van der Waals surface area contributed by atoms with Crippen LogP contribution in [0, 0.1) is 0 Å². The van der Waals surface area contributed by atoms with Gasteiger partial charge in [-0.2, -0.15) is 0 Å². The monoisotopic (exact) mass is 321 g/mol. The summed E-state index contributed by atoms with van der Waals surface area (Å²) >= 11 is 5.23. The van der Waals surface area contributed by atoms with Crippen LogP contribution in [0.25, 0.3) is 0 Å². The van der Waals surface area contributed by atoms with Gasteiger partial charge >= 0.3 is 0 Å². The van der Waals surface area contributed by atoms with Gasteiger partial charge in [-0.05, 0) is 51.5 Å². The summed E-state index contributed by atoms with van der Waals surface area (Å²) in [4.78, 5) is 15.8. The summed E-state index contributed by atoms with van der Waals surface area (Å²) in [6, 6.07) is 9.73. The molecule has 1 aromatic carbocycles. The van der Waals surface area contributed by atoms with Crippen molar-refractivity contribution in [3.8, 4) is 0 Å². The molecule has 0 N–H and O–H groups in total. The van der Waals surface area contributed by atoms with Gasteiger partial charge < -0.3 is 4.90 Å². The lowest BCUT2D eigenvalue weighted by Gasteiger charge is -2.27. The van der Waals surface area contributed by atoms with E-state index in [1.165, 1.54) is 10.4 Å². The Morgan fingerprint density at radius 1 is 1.28 bits per heavy atom. The van der Waals surface area contributed by atoms with Crippen LogP contribution in [0.2, 0.25) is 0 Å². The van der Waals surface area contributed by atoms with Gasteiger partial charge in [0.2, 0.25) is 0 Å². The van der Waals surface area contributed by atoms with Crippen LogP contribution >= 0.6 is 27.3 Å². The first-order valence-corrected chi connectivity index (χ1v) is 7.52. The van der Waals surface area contributed by atoms with Crippen LogP contribution in [0.3, 0.4) is 0 Å². The highest BCUT2D eigenvalue weighted by atomic mass is 79.9. The molecule has 0 radical (unpaired) electrons. The highest BCUT2D eigenvalue weighted by Gasteiger charge is 2.23. The molecule has 0 aliphatic carbocycles. The number of benzene rings is 1. The normalized spacial score (nSPS) is 14.4. The molecule has 1 aliphatic rings. The zero-order valence-electron chi connectivity index (χ0n) is 9.73. The van der Waals surface area contributed by atoms with Crippen molar-refractivity contribution in [1.29, 1.82) is 0 Å². The van der Waals surface area contributed by atoms with Gasteiger partial charge in [0, 0.05) is 22.4 Å². The Labute approximate surface area is 118 Å². The fourth-order valence-electron chi connectivity index (χ4n) is 2.23. The maximum Gasteiger partial charge on any atom is 0.255 e. The number of hydrogen-bond donors (Lipinski definition) is 0. The molecule has 3 rings (SSSR count).